The lowest BCUT2D eigenvalue weighted by molar-refractivity contribution is 0.425. The zero-order valence-corrected chi connectivity index (χ0v) is 13.4. The van der Waals surface area contributed by atoms with Crippen molar-refractivity contribution in [2.75, 3.05) is 0 Å². The van der Waals surface area contributed by atoms with Gasteiger partial charge in [-0.3, -0.25) is 4.79 Å². The van der Waals surface area contributed by atoms with E-state index in [1.807, 2.05) is 12.1 Å². The Balaban J connectivity index is 2.33. The molecule has 0 fully saturated rings. The molecule has 0 aliphatic rings. The van der Waals surface area contributed by atoms with Crippen LogP contribution in [0.3, 0.4) is 0 Å². The van der Waals surface area contributed by atoms with Crippen molar-refractivity contribution < 1.29 is 4.52 Å². The summed E-state index contributed by atoms with van der Waals surface area (Å²) >= 11 is 5.62. The van der Waals surface area contributed by atoms with E-state index in [9.17, 15) is 4.79 Å². The number of rotatable bonds is 1. The Hall–Kier alpha value is -1.22. The number of hydrogen-bond acceptors (Lipinski definition) is 4. The van der Waals surface area contributed by atoms with Gasteiger partial charge in [-0.1, -0.05) is 21.1 Å². The van der Waals surface area contributed by atoms with E-state index in [4.69, 9.17) is 4.52 Å². The van der Waals surface area contributed by atoms with Gasteiger partial charge >= 0.3 is 0 Å². The second kappa shape index (κ2) is 4.71. The molecule has 0 saturated heterocycles. The Morgan fingerprint density at radius 1 is 1.37 bits per heavy atom. The summed E-state index contributed by atoms with van der Waals surface area (Å²) in [5, 5.41) is 4.61. The van der Waals surface area contributed by atoms with Crippen molar-refractivity contribution in [3.05, 3.63) is 42.4 Å². The number of aryl methyl sites for hydroxylation is 1. The maximum atomic E-state index is 12.1. The van der Waals surface area contributed by atoms with Crippen molar-refractivity contribution in [2.24, 2.45) is 0 Å². The van der Waals surface area contributed by atoms with Gasteiger partial charge in [-0.25, -0.2) is 0 Å². The van der Waals surface area contributed by atoms with E-state index in [1.165, 1.54) is 0 Å². The van der Waals surface area contributed by atoms with E-state index in [0.29, 0.717) is 11.4 Å². The summed E-state index contributed by atoms with van der Waals surface area (Å²) < 4.78 is 6.96. The van der Waals surface area contributed by atoms with Crippen molar-refractivity contribution in [1.82, 2.24) is 15.1 Å². The lowest BCUT2D eigenvalue weighted by Crippen LogP contribution is -2.09. The first-order valence-electron chi connectivity index (χ1n) is 5.37. The molecule has 0 atom stereocenters. The highest BCUT2D eigenvalue weighted by Gasteiger charge is 2.13. The molecular weight excluding hydrogens is 425 g/mol. The lowest BCUT2D eigenvalue weighted by atomic mass is 10.1. The van der Waals surface area contributed by atoms with Gasteiger partial charge in [0.15, 0.2) is 5.82 Å². The van der Waals surface area contributed by atoms with Crippen LogP contribution in [0.15, 0.2) is 32.0 Å². The fourth-order valence-corrected chi connectivity index (χ4v) is 3.49. The smallest absolute Gasteiger partial charge is 0.263 e. The van der Waals surface area contributed by atoms with Crippen LogP contribution in [0.1, 0.15) is 5.82 Å². The van der Waals surface area contributed by atoms with Gasteiger partial charge < -0.3 is 9.51 Å². The number of aromatic amines is 1. The second-order valence-electron chi connectivity index (χ2n) is 4.01. The third kappa shape index (κ3) is 2.32. The van der Waals surface area contributed by atoms with Gasteiger partial charge in [-0.05, 0) is 47.7 Å². The van der Waals surface area contributed by atoms with Gasteiger partial charge in [-0.15, -0.1) is 0 Å². The standard InChI is InChI=1S/C12H7BrIN3O2/c1-5-15-12(19-17-5)8-3-6-2-7(13)4-9(14)10(6)16-11(8)18/h2-4H,1H3,(H,16,18). The SMILES string of the molecule is Cc1noc(-c2cc3cc(Br)cc(I)c3[nH]c2=O)n1. The number of benzene rings is 1. The molecule has 0 saturated carbocycles. The van der Waals surface area contributed by atoms with Crippen molar-refractivity contribution in [3.63, 3.8) is 0 Å². The molecule has 0 aliphatic carbocycles. The minimum atomic E-state index is -0.239. The highest BCUT2D eigenvalue weighted by atomic mass is 127. The molecule has 5 nitrogen and oxygen atoms in total. The first-order valence-corrected chi connectivity index (χ1v) is 7.24. The molecule has 0 aliphatic heterocycles. The van der Waals surface area contributed by atoms with Gasteiger partial charge in [0.25, 0.3) is 11.4 Å². The Morgan fingerprint density at radius 3 is 2.84 bits per heavy atom. The van der Waals surface area contributed by atoms with Crippen LogP contribution in [-0.4, -0.2) is 15.1 Å². The summed E-state index contributed by atoms with van der Waals surface area (Å²) in [6, 6.07) is 5.63. The third-order valence-electron chi connectivity index (χ3n) is 2.63. The third-order valence-corrected chi connectivity index (χ3v) is 3.94. The molecule has 2 aromatic heterocycles. The first kappa shape index (κ1) is 12.8. The number of fused-ring (bicyclic) bond motifs is 1. The largest absolute Gasteiger partial charge is 0.334 e. The Bertz CT molecular complexity index is 841. The highest BCUT2D eigenvalue weighted by molar-refractivity contribution is 14.1. The van der Waals surface area contributed by atoms with E-state index in [-0.39, 0.29) is 11.4 Å². The summed E-state index contributed by atoms with van der Waals surface area (Å²) in [5.74, 6) is 0.731. The quantitative estimate of drug-likeness (QED) is 0.600. The number of hydrogen-bond donors (Lipinski definition) is 1. The zero-order chi connectivity index (χ0) is 13.6. The number of H-pyrrole nitrogens is 1. The summed E-state index contributed by atoms with van der Waals surface area (Å²) in [6.07, 6.45) is 0. The highest BCUT2D eigenvalue weighted by Crippen LogP contribution is 2.25. The monoisotopic (exact) mass is 431 g/mol. The van der Waals surface area contributed by atoms with E-state index in [0.717, 1.165) is 18.9 Å². The van der Waals surface area contributed by atoms with E-state index in [2.05, 4.69) is 53.6 Å². The summed E-state index contributed by atoms with van der Waals surface area (Å²) in [5.41, 5.74) is 0.937. The number of nitrogens with zero attached hydrogens (tertiary/aromatic N) is 2. The van der Waals surface area contributed by atoms with Crippen LogP contribution in [0, 0.1) is 10.5 Å². The molecule has 0 bridgehead atoms. The second-order valence-corrected chi connectivity index (χ2v) is 6.09. The average Bonchev–Trinajstić information content (AvgIpc) is 2.76. The Morgan fingerprint density at radius 2 is 2.16 bits per heavy atom. The summed E-state index contributed by atoms with van der Waals surface area (Å²) in [4.78, 5) is 19.0. The normalized spacial score (nSPS) is 11.1. The van der Waals surface area contributed by atoms with E-state index < -0.39 is 0 Å². The van der Waals surface area contributed by atoms with Gasteiger partial charge in [0, 0.05) is 13.4 Å². The molecule has 19 heavy (non-hydrogen) atoms. The lowest BCUT2D eigenvalue weighted by Gasteiger charge is -2.03. The van der Waals surface area contributed by atoms with Crippen LogP contribution in [0.5, 0.6) is 0 Å². The molecular formula is C12H7BrIN3O2. The Labute approximate surface area is 129 Å². The Kier molecular flexibility index (Phi) is 3.17. The first-order chi connectivity index (χ1) is 9.04. The number of pyridine rings is 1. The minimum Gasteiger partial charge on any atom is -0.334 e. The number of nitrogens with one attached hydrogen (secondary N) is 1. The van der Waals surface area contributed by atoms with E-state index in [1.54, 1.807) is 13.0 Å². The summed E-state index contributed by atoms with van der Waals surface area (Å²) in [7, 11) is 0. The van der Waals surface area contributed by atoms with Gasteiger partial charge in [0.1, 0.15) is 5.56 Å². The molecule has 0 unspecified atom stereocenters. The van der Waals surface area contributed by atoms with Crippen LogP contribution in [-0.2, 0) is 0 Å². The van der Waals surface area contributed by atoms with Crippen molar-refractivity contribution in [1.29, 1.82) is 0 Å². The number of aromatic nitrogens is 3. The maximum absolute atomic E-state index is 12.1. The molecule has 0 amide bonds. The molecule has 1 N–H and O–H groups in total. The average molecular weight is 432 g/mol. The molecule has 0 radical (unpaired) electrons. The van der Waals surface area contributed by atoms with Crippen LogP contribution in [0.2, 0.25) is 0 Å². The molecule has 0 spiro atoms. The zero-order valence-electron chi connectivity index (χ0n) is 9.70. The van der Waals surface area contributed by atoms with Crippen molar-refractivity contribution in [2.45, 2.75) is 6.92 Å². The van der Waals surface area contributed by atoms with Crippen molar-refractivity contribution >= 4 is 49.4 Å². The van der Waals surface area contributed by atoms with Crippen molar-refractivity contribution in [3.8, 4) is 11.5 Å². The molecule has 3 rings (SSSR count). The van der Waals surface area contributed by atoms with Crippen LogP contribution < -0.4 is 5.56 Å². The fraction of sp³-hybridized carbons (Fsp3) is 0.0833. The van der Waals surface area contributed by atoms with Gasteiger partial charge in [-0.2, -0.15) is 4.98 Å². The molecule has 1 aromatic carbocycles. The van der Waals surface area contributed by atoms with E-state index >= 15 is 0 Å². The minimum absolute atomic E-state index is 0.232. The van der Waals surface area contributed by atoms with Gasteiger partial charge in [0.05, 0.1) is 5.52 Å². The van der Waals surface area contributed by atoms with Crippen LogP contribution >= 0.6 is 38.5 Å². The molecule has 2 heterocycles. The van der Waals surface area contributed by atoms with Gasteiger partial charge in [0.2, 0.25) is 0 Å². The molecule has 96 valence electrons. The summed E-state index contributed by atoms with van der Waals surface area (Å²) in [6.45, 7) is 1.71. The fourth-order valence-electron chi connectivity index (χ4n) is 1.81. The number of halogens is 2. The predicted molar refractivity (Wildman–Crippen MR) is 83.0 cm³/mol. The molecule has 7 heteroatoms. The molecule has 3 aromatic rings. The van der Waals surface area contributed by atoms with Crippen LogP contribution in [0.4, 0.5) is 0 Å². The topological polar surface area (TPSA) is 71.8 Å². The van der Waals surface area contributed by atoms with Crippen LogP contribution in [0.25, 0.3) is 22.4 Å². The maximum Gasteiger partial charge on any atom is 0.263 e. The predicted octanol–water partition coefficient (Wildman–Crippen LogP) is 3.25.